The number of anilines is 1. The highest BCUT2D eigenvalue weighted by molar-refractivity contribution is 6.35. The minimum atomic E-state index is -0.213. The number of aryl methyl sites for hydroxylation is 1. The van der Waals surface area contributed by atoms with Crippen LogP contribution in [0.4, 0.5) is 5.69 Å². The normalized spacial score (nSPS) is 27.9. The van der Waals surface area contributed by atoms with Gasteiger partial charge in [0, 0.05) is 10.0 Å². The molecule has 5 rings (SSSR count). The zero-order chi connectivity index (χ0) is 19.7. The fraction of sp³-hybridized carbons (Fsp3) is 0.381. The van der Waals surface area contributed by atoms with Gasteiger partial charge in [0.2, 0.25) is 11.8 Å². The van der Waals surface area contributed by atoms with E-state index in [0.29, 0.717) is 28.0 Å². The van der Waals surface area contributed by atoms with Crippen molar-refractivity contribution in [1.82, 2.24) is 9.78 Å². The molecule has 2 heterocycles. The molecule has 2 amide bonds. The number of carbonyl (C=O) groups excluding carboxylic acids is 2. The predicted octanol–water partition coefficient (Wildman–Crippen LogP) is 4.17. The van der Waals surface area contributed by atoms with Crippen LogP contribution in [-0.4, -0.2) is 21.6 Å². The van der Waals surface area contributed by atoms with E-state index >= 15 is 0 Å². The number of fused-ring (bicyclic) bond motifs is 5. The number of rotatable bonds is 3. The van der Waals surface area contributed by atoms with E-state index in [1.807, 2.05) is 19.9 Å². The molecule has 1 saturated heterocycles. The molecule has 4 atom stereocenters. The maximum Gasteiger partial charge on any atom is 0.238 e. The molecule has 7 heteroatoms. The lowest BCUT2D eigenvalue weighted by atomic mass is 9.85. The Bertz CT molecular complexity index is 1030. The fourth-order valence-corrected chi connectivity index (χ4v) is 5.57. The third-order valence-corrected chi connectivity index (χ3v) is 6.96. The van der Waals surface area contributed by atoms with Crippen LogP contribution in [0.25, 0.3) is 0 Å². The Kier molecular flexibility index (Phi) is 3.97. The van der Waals surface area contributed by atoms with Crippen molar-refractivity contribution in [1.29, 1.82) is 0 Å². The van der Waals surface area contributed by atoms with Crippen LogP contribution >= 0.6 is 23.2 Å². The van der Waals surface area contributed by atoms with E-state index in [0.717, 1.165) is 17.7 Å². The van der Waals surface area contributed by atoms with Gasteiger partial charge in [-0.2, -0.15) is 5.10 Å². The SMILES string of the molecule is Cc1nn(Cc2ccc(Cl)cc2Cl)c(C)c1N1C(=O)[C@H]2[C@H](C1=O)[C@H]1C=C[C@H]2C1. The number of hydrogen-bond acceptors (Lipinski definition) is 3. The summed E-state index contributed by atoms with van der Waals surface area (Å²) in [6.45, 7) is 4.17. The van der Waals surface area contributed by atoms with Crippen LogP contribution in [0.1, 0.15) is 23.4 Å². The van der Waals surface area contributed by atoms with Crippen molar-refractivity contribution < 1.29 is 9.59 Å². The van der Waals surface area contributed by atoms with Crippen LogP contribution in [-0.2, 0) is 16.1 Å². The molecule has 2 aromatic rings. The summed E-state index contributed by atoms with van der Waals surface area (Å²) >= 11 is 12.3. The van der Waals surface area contributed by atoms with Gasteiger partial charge >= 0.3 is 0 Å². The van der Waals surface area contributed by atoms with Gasteiger partial charge in [0.25, 0.3) is 0 Å². The number of aromatic nitrogens is 2. The van der Waals surface area contributed by atoms with Gasteiger partial charge in [-0.05, 0) is 49.8 Å². The second-order valence-corrected chi connectivity index (χ2v) is 8.77. The predicted molar refractivity (Wildman–Crippen MR) is 107 cm³/mol. The summed E-state index contributed by atoms with van der Waals surface area (Å²) in [7, 11) is 0. The van der Waals surface area contributed by atoms with Gasteiger partial charge < -0.3 is 0 Å². The average Bonchev–Trinajstić information content (AvgIpc) is 3.37. The highest BCUT2D eigenvalue weighted by atomic mass is 35.5. The monoisotopic (exact) mass is 415 g/mol. The van der Waals surface area contributed by atoms with E-state index in [1.54, 1.807) is 16.8 Å². The Hall–Kier alpha value is -2.11. The zero-order valence-corrected chi connectivity index (χ0v) is 17.0. The van der Waals surface area contributed by atoms with Gasteiger partial charge in [0.1, 0.15) is 0 Å². The zero-order valence-electron chi connectivity index (χ0n) is 15.5. The van der Waals surface area contributed by atoms with Crippen molar-refractivity contribution in [3.63, 3.8) is 0 Å². The maximum absolute atomic E-state index is 13.1. The summed E-state index contributed by atoms with van der Waals surface area (Å²) in [5.74, 6) is -0.199. The van der Waals surface area contributed by atoms with Crippen molar-refractivity contribution >= 4 is 40.7 Å². The molecule has 28 heavy (non-hydrogen) atoms. The Morgan fingerprint density at radius 2 is 1.71 bits per heavy atom. The summed E-state index contributed by atoms with van der Waals surface area (Å²) in [6.07, 6.45) is 5.13. The number of halogens is 2. The van der Waals surface area contributed by atoms with E-state index in [2.05, 4.69) is 17.3 Å². The van der Waals surface area contributed by atoms with Crippen LogP contribution in [0.2, 0.25) is 10.0 Å². The van der Waals surface area contributed by atoms with Crippen molar-refractivity contribution in [3.05, 3.63) is 57.3 Å². The molecular weight excluding hydrogens is 397 g/mol. The molecule has 1 aromatic heterocycles. The topological polar surface area (TPSA) is 55.2 Å². The molecule has 1 saturated carbocycles. The first kappa shape index (κ1) is 18.0. The van der Waals surface area contributed by atoms with E-state index in [1.165, 1.54) is 4.90 Å². The average molecular weight is 416 g/mol. The number of carbonyl (C=O) groups is 2. The Balaban J connectivity index is 1.50. The van der Waals surface area contributed by atoms with Crippen LogP contribution in [0.3, 0.4) is 0 Å². The first-order chi connectivity index (χ1) is 13.4. The summed E-state index contributed by atoms with van der Waals surface area (Å²) in [4.78, 5) is 27.7. The number of allylic oxidation sites excluding steroid dienone is 2. The van der Waals surface area contributed by atoms with E-state index < -0.39 is 0 Å². The minimum Gasteiger partial charge on any atom is -0.274 e. The largest absolute Gasteiger partial charge is 0.274 e. The standard InChI is InChI=1S/C21H19Cl2N3O2/c1-10-19(11(2)25(24-10)9-14-5-6-15(22)8-16(14)23)26-20(27)17-12-3-4-13(7-12)18(17)21(26)28/h3-6,8,12-13,17-18H,7,9H2,1-2H3/t12-,13-,17+,18+/m0/s1. The summed E-state index contributed by atoms with van der Waals surface area (Å²) in [6, 6.07) is 5.34. The van der Waals surface area contributed by atoms with Gasteiger partial charge in [-0.1, -0.05) is 41.4 Å². The Morgan fingerprint density at radius 3 is 2.32 bits per heavy atom. The highest BCUT2D eigenvalue weighted by Crippen LogP contribution is 2.53. The lowest BCUT2D eigenvalue weighted by Gasteiger charge is -2.18. The third kappa shape index (κ3) is 2.42. The quantitative estimate of drug-likeness (QED) is 0.558. The molecule has 2 fully saturated rings. The van der Waals surface area contributed by atoms with E-state index in [4.69, 9.17) is 23.2 Å². The van der Waals surface area contributed by atoms with Crippen molar-refractivity contribution in [3.8, 4) is 0 Å². The second-order valence-electron chi connectivity index (χ2n) is 7.92. The van der Waals surface area contributed by atoms with Crippen LogP contribution in [0, 0.1) is 37.5 Å². The molecule has 0 N–H and O–H groups in total. The second kappa shape index (κ2) is 6.19. The lowest BCUT2D eigenvalue weighted by molar-refractivity contribution is -0.123. The molecule has 5 nitrogen and oxygen atoms in total. The van der Waals surface area contributed by atoms with Gasteiger partial charge in [0.05, 0.1) is 35.5 Å². The first-order valence-electron chi connectivity index (χ1n) is 9.41. The number of amides is 2. The summed E-state index contributed by atoms with van der Waals surface area (Å²) < 4.78 is 1.79. The molecule has 2 aliphatic carbocycles. The molecule has 144 valence electrons. The number of imide groups is 1. The molecular formula is C21H19Cl2N3O2. The van der Waals surface area contributed by atoms with Crippen molar-refractivity contribution in [2.45, 2.75) is 26.8 Å². The van der Waals surface area contributed by atoms with Gasteiger partial charge in [0.15, 0.2) is 0 Å². The van der Waals surface area contributed by atoms with E-state index in [-0.39, 0.29) is 35.5 Å². The molecule has 2 bridgehead atoms. The number of hydrogen-bond donors (Lipinski definition) is 0. The molecule has 1 aromatic carbocycles. The molecule has 1 aliphatic heterocycles. The summed E-state index contributed by atoms with van der Waals surface area (Å²) in [5, 5.41) is 5.73. The van der Waals surface area contributed by atoms with Crippen LogP contribution in [0.5, 0.6) is 0 Å². The maximum atomic E-state index is 13.1. The third-order valence-electron chi connectivity index (χ3n) is 6.37. The molecule has 0 unspecified atom stereocenters. The Labute approximate surface area is 172 Å². The molecule has 3 aliphatic rings. The summed E-state index contributed by atoms with van der Waals surface area (Å²) in [5.41, 5.74) is 2.95. The highest BCUT2D eigenvalue weighted by Gasteiger charge is 2.60. The van der Waals surface area contributed by atoms with Gasteiger partial charge in [-0.15, -0.1) is 0 Å². The van der Waals surface area contributed by atoms with Crippen LogP contribution < -0.4 is 4.90 Å². The van der Waals surface area contributed by atoms with Gasteiger partial charge in [-0.25, -0.2) is 4.90 Å². The lowest BCUT2D eigenvalue weighted by Crippen LogP contribution is -2.33. The molecule has 0 radical (unpaired) electrons. The molecule has 0 spiro atoms. The smallest absolute Gasteiger partial charge is 0.238 e. The first-order valence-corrected chi connectivity index (χ1v) is 10.2. The number of nitrogens with zero attached hydrogens (tertiary/aromatic N) is 3. The Morgan fingerprint density at radius 1 is 1.07 bits per heavy atom. The van der Waals surface area contributed by atoms with Crippen molar-refractivity contribution in [2.75, 3.05) is 4.90 Å². The van der Waals surface area contributed by atoms with Crippen LogP contribution in [0.15, 0.2) is 30.4 Å². The minimum absolute atomic E-state index is 0.0814. The number of benzene rings is 1. The van der Waals surface area contributed by atoms with E-state index in [9.17, 15) is 9.59 Å². The fourth-order valence-electron chi connectivity index (χ4n) is 5.10. The van der Waals surface area contributed by atoms with Gasteiger partial charge in [-0.3, -0.25) is 14.3 Å². The van der Waals surface area contributed by atoms with Crippen molar-refractivity contribution in [2.24, 2.45) is 23.7 Å².